The second-order valence-corrected chi connectivity index (χ2v) is 20.5. The molecule has 1 aromatic heterocycles. The molecule has 1 heterocycles. The van der Waals surface area contributed by atoms with Gasteiger partial charge in [-0.3, -0.25) is 0 Å². The van der Waals surface area contributed by atoms with Crippen molar-refractivity contribution in [1.29, 1.82) is 10.5 Å². The van der Waals surface area contributed by atoms with E-state index in [1.54, 1.807) is 6.07 Å². The van der Waals surface area contributed by atoms with E-state index in [9.17, 15) is 10.5 Å². The number of hydrogen-bond donors (Lipinski definition) is 0. The second-order valence-electron chi connectivity index (χ2n) is 16.7. The summed E-state index contributed by atoms with van der Waals surface area (Å²) >= 11 is 0. The van der Waals surface area contributed by atoms with Crippen LogP contribution in [0, 0.1) is 22.7 Å². The fourth-order valence-corrected chi connectivity index (χ4v) is 15.3. The summed E-state index contributed by atoms with van der Waals surface area (Å²) in [7, 11) is -2.68. The molecule has 0 bridgehead atoms. The Kier molecular flexibility index (Phi) is 8.63. The normalized spacial score (nSPS) is 11.7. The predicted molar refractivity (Wildman–Crippen MR) is 267 cm³/mol. The Hall–Kier alpha value is -8.54. The summed E-state index contributed by atoms with van der Waals surface area (Å²) in [5.74, 6) is 0. The first-order valence-electron chi connectivity index (χ1n) is 21.6. The molecule has 296 valence electrons. The highest BCUT2D eigenvalue weighted by atomic mass is 28.3. The summed E-state index contributed by atoms with van der Waals surface area (Å²) in [4.78, 5) is 0. The van der Waals surface area contributed by atoms with Gasteiger partial charge in [-0.1, -0.05) is 182 Å². The predicted octanol–water partition coefficient (Wildman–Crippen LogP) is 12.0. The third kappa shape index (κ3) is 5.64. The van der Waals surface area contributed by atoms with Gasteiger partial charge in [0.05, 0.1) is 34.3 Å². The number of aromatic nitrogens is 1. The fraction of sp³-hybridized carbons (Fsp3) is 0. The van der Waals surface area contributed by atoms with Gasteiger partial charge < -0.3 is 4.57 Å². The molecule has 11 aromatic rings. The van der Waals surface area contributed by atoms with Gasteiger partial charge >= 0.3 is 0 Å². The van der Waals surface area contributed by atoms with Crippen molar-refractivity contribution in [2.75, 3.05) is 0 Å². The van der Waals surface area contributed by atoms with E-state index in [2.05, 4.69) is 223 Å². The number of rotatable bonds is 7. The summed E-state index contributed by atoms with van der Waals surface area (Å²) < 4.78 is 2.20. The molecule has 12 rings (SSSR count). The van der Waals surface area contributed by atoms with Crippen LogP contribution in [-0.4, -0.2) is 12.6 Å². The minimum absolute atomic E-state index is 0.451. The molecule has 0 radical (unpaired) electrons. The average Bonchev–Trinajstić information content (AvgIpc) is 3.88. The summed E-state index contributed by atoms with van der Waals surface area (Å²) in [5, 5.41) is 30.1. The Labute approximate surface area is 372 Å². The van der Waals surface area contributed by atoms with Crippen LogP contribution < -0.4 is 20.7 Å². The van der Waals surface area contributed by atoms with E-state index in [-0.39, 0.29) is 0 Å². The Balaban J connectivity index is 1.05. The van der Waals surface area contributed by atoms with Gasteiger partial charge in [-0.2, -0.15) is 10.5 Å². The lowest BCUT2D eigenvalue weighted by Gasteiger charge is -2.34. The highest BCUT2D eigenvalue weighted by Gasteiger charge is 2.41. The smallest absolute Gasteiger partial charge is 0.179 e. The van der Waals surface area contributed by atoms with Crippen molar-refractivity contribution in [3.8, 4) is 62.3 Å². The third-order valence-corrected chi connectivity index (χ3v) is 18.1. The standard InChI is InChI=1S/C60H37N3Si/c61-38-40-33-41(39-62)35-45(34-40)63-58-31-25-43(42-23-27-49(28-24-42)64(46-13-4-1-5-14-46,47-15-6-2-7-16-47)48-17-8-3-9-18-48)36-56(58)57-37-44(26-32-59(57)63)50-29-30-55-52-20-11-10-19-51(52)54-22-12-21-53(50)60(54)55/h1-37H. The maximum atomic E-state index is 10.0. The zero-order valence-electron chi connectivity index (χ0n) is 34.7. The van der Waals surface area contributed by atoms with Crippen LogP contribution in [0.4, 0.5) is 0 Å². The molecule has 0 N–H and O–H groups in total. The second kappa shape index (κ2) is 14.8. The maximum absolute atomic E-state index is 10.0. The number of nitrogens with zero attached hydrogens (tertiary/aromatic N) is 3. The van der Waals surface area contributed by atoms with Crippen molar-refractivity contribution < 1.29 is 0 Å². The molecule has 0 saturated heterocycles. The minimum atomic E-state index is -2.68. The molecule has 0 spiro atoms. The van der Waals surface area contributed by atoms with Gasteiger partial charge in [-0.25, -0.2) is 0 Å². The zero-order chi connectivity index (χ0) is 42.8. The van der Waals surface area contributed by atoms with E-state index >= 15 is 0 Å². The monoisotopic (exact) mass is 827 g/mol. The molecule has 3 nitrogen and oxygen atoms in total. The van der Waals surface area contributed by atoms with E-state index in [1.807, 2.05) is 12.1 Å². The fourth-order valence-electron chi connectivity index (χ4n) is 10.6. The van der Waals surface area contributed by atoms with Crippen LogP contribution in [0.5, 0.6) is 0 Å². The van der Waals surface area contributed by atoms with Gasteiger partial charge in [0, 0.05) is 16.5 Å². The van der Waals surface area contributed by atoms with Crippen molar-refractivity contribution in [2.45, 2.75) is 0 Å². The molecular formula is C60H37N3Si. The van der Waals surface area contributed by atoms with Crippen LogP contribution in [0.25, 0.3) is 82.8 Å². The Morgan fingerprint density at radius 3 is 1.34 bits per heavy atom. The lowest BCUT2D eigenvalue weighted by molar-refractivity contribution is 1.17. The topological polar surface area (TPSA) is 52.5 Å². The van der Waals surface area contributed by atoms with E-state index < -0.39 is 8.07 Å². The summed E-state index contributed by atoms with van der Waals surface area (Å²) in [6.45, 7) is 0. The maximum Gasteiger partial charge on any atom is 0.179 e. The van der Waals surface area contributed by atoms with E-state index in [4.69, 9.17) is 0 Å². The molecule has 64 heavy (non-hydrogen) atoms. The molecule has 0 unspecified atom stereocenters. The summed E-state index contributed by atoms with van der Waals surface area (Å²) in [5.41, 5.74) is 13.4. The van der Waals surface area contributed by atoms with Crippen molar-refractivity contribution in [3.05, 3.63) is 236 Å². The highest BCUT2D eigenvalue weighted by molar-refractivity contribution is 7.19. The lowest BCUT2D eigenvalue weighted by atomic mass is 9.93. The Bertz CT molecular complexity index is 3570. The quantitative estimate of drug-likeness (QED) is 0.119. The van der Waals surface area contributed by atoms with Crippen LogP contribution in [-0.2, 0) is 0 Å². The Morgan fingerprint density at radius 2 is 0.781 bits per heavy atom. The summed E-state index contributed by atoms with van der Waals surface area (Å²) in [6.07, 6.45) is 0. The van der Waals surface area contributed by atoms with Crippen molar-refractivity contribution in [1.82, 2.24) is 4.57 Å². The van der Waals surface area contributed by atoms with Crippen LogP contribution in [0.15, 0.2) is 224 Å². The van der Waals surface area contributed by atoms with Gasteiger partial charge in [0.25, 0.3) is 0 Å². The van der Waals surface area contributed by atoms with Crippen LogP contribution >= 0.6 is 0 Å². The molecule has 0 saturated carbocycles. The van der Waals surface area contributed by atoms with Crippen molar-refractivity contribution >= 4 is 61.4 Å². The molecule has 0 aliphatic heterocycles. The van der Waals surface area contributed by atoms with Crippen molar-refractivity contribution in [2.24, 2.45) is 0 Å². The van der Waals surface area contributed by atoms with Crippen molar-refractivity contribution in [3.63, 3.8) is 0 Å². The van der Waals surface area contributed by atoms with Crippen LogP contribution in [0.2, 0.25) is 0 Å². The van der Waals surface area contributed by atoms with Gasteiger partial charge in [-0.05, 0) is 118 Å². The molecule has 10 aromatic carbocycles. The van der Waals surface area contributed by atoms with Gasteiger partial charge in [-0.15, -0.1) is 0 Å². The number of hydrogen-bond acceptors (Lipinski definition) is 2. The zero-order valence-corrected chi connectivity index (χ0v) is 35.7. The molecule has 1 aliphatic rings. The molecule has 0 fully saturated rings. The molecule has 0 atom stereocenters. The Morgan fingerprint density at radius 1 is 0.328 bits per heavy atom. The number of benzene rings is 10. The minimum Gasteiger partial charge on any atom is -0.309 e. The van der Waals surface area contributed by atoms with E-state index in [0.717, 1.165) is 44.2 Å². The lowest BCUT2D eigenvalue weighted by Crippen LogP contribution is -2.74. The third-order valence-electron chi connectivity index (χ3n) is 13.3. The first kappa shape index (κ1) is 37.2. The highest BCUT2D eigenvalue weighted by Crippen LogP contribution is 2.49. The van der Waals surface area contributed by atoms with Crippen LogP contribution in [0.3, 0.4) is 0 Å². The van der Waals surface area contributed by atoms with Gasteiger partial charge in [0.1, 0.15) is 0 Å². The van der Waals surface area contributed by atoms with E-state index in [1.165, 1.54) is 59.3 Å². The summed E-state index contributed by atoms with van der Waals surface area (Å²) in [6, 6.07) is 85.7. The molecule has 0 amide bonds. The number of nitriles is 2. The first-order valence-corrected chi connectivity index (χ1v) is 23.6. The van der Waals surface area contributed by atoms with E-state index in [0.29, 0.717) is 11.1 Å². The van der Waals surface area contributed by atoms with Gasteiger partial charge in [0.2, 0.25) is 0 Å². The molecule has 1 aliphatic carbocycles. The average molecular weight is 828 g/mol. The molecule has 4 heteroatoms. The SMILES string of the molecule is N#Cc1cc(C#N)cc(-n2c3ccc(-c4ccc([Si](c5ccccc5)(c5ccccc5)c5ccccc5)cc4)cc3c3cc(-c4ccc5c6c(cccc46)-c4ccccc4-5)ccc32)c1. The molecular weight excluding hydrogens is 791 g/mol. The van der Waals surface area contributed by atoms with Crippen LogP contribution in [0.1, 0.15) is 11.1 Å². The first-order chi connectivity index (χ1) is 31.6. The van der Waals surface area contributed by atoms with Gasteiger partial charge in [0.15, 0.2) is 8.07 Å². The number of fused-ring (bicyclic) bond motifs is 6. The largest absolute Gasteiger partial charge is 0.309 e.